The van der Waals surface area contributed by atoms with Crippen LogP contribution in [0.2, 0.25) is 0 Å². The van der Waals surface area contributed by atoms with Crippen molar-refractivity contribution in [3.63, 3.8) is 0 Å². The van der Waals surface area contributed by atoms with Crippen molar-refractivity contribution in [2.24, 2.45) is 0 Å². The summed E-state index contributed by atoms with van der Waals surface area (Å²) in [6.07, 6.45) is 0.458. The maximum absolute atomic E-state index is 11.2. The number of pyridine rings is 1. The Bertz CT molecular complexity index is 341. The number of aromatic nitrogens is 1. The number of nitrogens with zero attached hydrogens (tertiary/aromatic N) is 1. The monoisotopic (exact) mass is 222 g/mol. The van der Waals surface area contributed by atoms with Crippen molar-refractivity contribution in [3.8, 4) is 0 Å². The van der Waals surface area contributed by atoms with Crippen LogP contribution in [0, 0.1) is 0 Å². The van der Waals surface area contributed by atoms with E-state index in [0.29, 0.717) is 19.5 Å². The summed E-state index contributed by atoms with van der Waals surface area (Å²) in [7, 11) is 1.82. The zero-order valence-corrected chi connectivity index (χ0v) is 9.71. The summed E-state index contributed by atoms with van der Waals surface area (Å²) in [6, 6.07) is 5.67. The molecule has 0 saturated carbocycles. The Morgan fingerprint density at radius 1 is 1.38 bits per heavy atom. The van der Waals surface area contributed by atoms with Gasteiger partial charge in [0.1, 0.15) is 11.6 Å². The van der Waals surface area contributed by atoms with Gasteiger partial charge < -0.3 is 16.0 Å². The number of amides is 1. The van der Waals surface area contributed by atoms with Gasteiger partial charge in [0, 0.05) is 26.6 Å². The molecule has 5 nitrogen and oxygen atoms in total. The number of carbonyl (C=O) groups is 1. The summed E-state index contributed by atoms with van der Waals surface area (Å²) in [6.45, 7) is 3.17. The van der Waals surface area contributed by atoms with Crippen molar-refractivity contribution >= 4 is 17.5 Å². The van der Waals surface area contributed by atoms with E-state index in [-0.39, 0.29) is 5.91 Å². The molecule has 0 aliphatic heterocycles. The fourth-order valence-electron chi connectivity index (χ4n) is 1.26. The number of anilines is 2. The van der Waals surface area contributed by atoms with E-state index in [1.54, 1.807) is 0 Å². The van der Waals surface area contributed by atoms with Gasteiger partial charge in [0.05, 0.1) is 0 Å². The van der Waals surface area contributed by atoms with Crippen LogP contribution in [-0.4, -0.2) is 31.0 Å². The van der Waals surface area contributed by atoms with Crippen molar-refractivity contribution in [2.75, 3.05) is 30.8 Å². The number of nitrogens with one attached hydrogen (secondary N) is 3. The molecule has 3 N–H and O–H groups in total. The first kappa shape index (κ1) is 12.3. The highest BCUT2D eigenvalue weighted by atomic mass is 16.1. The number of hydrogen-bond acceptors (Lipinski definition) is 4. The van der Waals surface area contributed by atoms with Crippen LogP contribution in [0.4, 0.5) is 11.6 Å². The van der Waals surface area contributed by atoms with E-state index in [9.17, 15) is 4.79 Å². The van der Waals surface area contributed by atoms with Crippen LogP contribution in [0.25, 0.3) is 0 Å². The lowest BCUT2D eigenvalue weighted by Crippen LogP contribution is -2.24. The van der Waals surface area contributed by atoms with Crippen molar-refractivity contribution in [2.45, 2.75) is 13.3 Å². The third-order valence-electron chi connectivity index (χ3n) is 2.04. The number of carbonyl (C=O) groups excluding carboxylic acids is 1. The van der Waals surface area contributed by atoms with Crippen LogP contribution in [-0.2, 0) is 4.79 Å². The fourth-order valence-corrected chi connectivity index (χ4v) is 1.26. The van der Waals surface area contributed by atoms with E-state index in [0.717, 1.165) is 11.6 Å². The summed E-state index contributed by atoms with van der Waals surface area (Å²) in [5, 5.41) is 8.80. The lowest BCUT2D eigenvalue weighted by Gasteiger charge is -2.07. The van der Waals surface area contributed by atoms with Crippen molar-refractivity contribution in [3.05, 3.63) is 18.2 Å². The van der Waals surface area contributed by atoms with Crippen molar-refractivity contribution in [1.82, 2.24) is 10.3 Å². The van der Waals surface area contributed by atoms with Crippen LogP contribution < -0.4 is 16.0 Å². The molecule has 0 unspecified atom stereocenters. The minimum absolute atomic E-state index is 0.0553. The van der Waals surface area contributed by atoms with Gasteiger partial charge in [-0.2, -0.15) is 0 Å². The van der Waals surface area contributed by atoms with Gasteiger partial charge in [-0.15, -0.1) is 0 Å². The zero-order valence-electron chi connectivity index (χ0n) is 9.71. The van der Waals surface area contributed by atoms with Gasteiger partial charge in [-0.05, 0) is 19.1 Å². The minimum atomic E-state index is 0.0553. The standard InChI is InChI=1S/C11H18N4O/c1-3-13-11(16)7-8-14-10-6-4-5-9(12-2)15-10/h4-6H,3,7-8H2,1-2H3,(H,13,16)(H2,12,14,15). The Kier molecular flexibility index (Phi) is 5.11. The summed E-state index contributed by atoms with van der Waals surface area (Å²) in [5.74, 6) is 1.64. The maximum Gasteiger partial charge on any atom is 0.221 e. The molecule has 0 aliphatic rings. The predicted octanol–water partition coefficient (Wildman–Crippen LogP) is 1.06. The molecular weight excluding hydrogens is 204 g/mol. The van der Waals surface area contributed by atoms with E-state index in [4.69, 9.17) is 0 Å². The molecule has 0 fully saturated rings. The molecule has 1 amide bonds. The molecule has 1 aromatic heterocycles. The van der Waals surface area contributed by atoms with E-state index in [1.165, 1.54) is 0 Å². The molecule has 1 rings (SSSR count). The second kappa shape index (κ2) is 6.66. The van der Waals surface area contributed by atoms with Crippen LogP contribution in [0.15, 0.2) is 18.2 Å². The van der Waals surface area contributed by atoms with Crippen molar-refractivity contribution in [1.29, 1.82) is 0 Å². The van der Waals surface area contributed by atoms with E-state index >= 15 is 0 Å². The average Bonchev–Trinajstić information content (AvgIpc) is 2.30. The second-order valence-corrected chi connectivity index (χ2v) is 3.29. The summed E-state index contributed by atoms with van der Waals surface area (Å²) >= 11 is 0. The van der Waals surface area contributed by atoms with Gasteiger partial charge in [0.2, 0.25) is 5.91 Å². The summed E-state index contributed by atoms with van der Waals surface area (Å²) in [4.78, 5) is 15.5. The van der Waals surface area contributed by atoms with Crippen LogP contribution >= 0.6 is 0 Å². The molecule has 0 bridgehead atoms. The van der Waals surface area contributed by atoms with Gasteiger partial charge >= 0.3 is 0 Å². The van der Waals surface area contributed by atoms with Crippen LogP contribution in [0.5, 0.6) is 0 Å². The normalized spacial score (nSPS) is 9.62. The molecular formula is C11H18N4O. The summed E-state index contributed by atoms with van der Waals surface area (Å²) in [5.41, 5.74) is 0. The summed E-state index contributed by atoms with van der Waals surface area (Å²) < 4.78 is 0. The molecule has 0 aliphatic carbocycles. The lowest BCUT2D eigenvalue weighted by molar-refractivity contribution is -0.120. The molecule has 1 heterocycles. The lowest BCUT2D eigenvalue weighted by atomic mass is 10.3. The Morgan fingerprint density at radius 2 is 2.12 bits per heavy atom. The molecule has 16 heavy (non-hydrogen) atoms. The molecule has 0 atom stereocenters. The number of rotatable bonds is 6. The SMILES string of the molecule is CCNC(=O)CCNc1cccc(NC)n1. The average molecular weight is 222 g/mol. The molecule has 0 spiro atoms. The Labute approximate surface area is 95.7 Å². The molecule has 0 saturated heterocycles. The smallest absolute Gasteiger partial charge is 0.221 e. The fraction of sp³-hybridized carbons (Fsp3) is 0.455. The van der Waals surface area contributed by atoms with Gasteiger partial charge in [-0.1, -0.05) is 6.07 Å². The third-order valence-corrected chi connectivity index (χ3v) is 2.04. The third kappa shape index (κ3) is 4.16. The zero-order chi connectivity index (χ0) is 11.8. The highest BCUT2D eigenvalue weighted by Gasteiger charge is 1.99. The Hall–Kier alpha value is -1.78. The first-order chi connectivity index (χ1) is 7.76. The topological polar surface area (TPSA) is 66.1 Å². The highest BCUT2D eigenvalue weighted by molar-refractivity contribution is 5.76. The Balaban J connectivity index is 2.34. The van der Waals surface area contributed by atoms with E-state index in [2.05, 4.69) is 20.9 Å². The highest BCUT2D eigenvalue weighted by Crippen LogP contribution is 2.07. The van der Waals surface area contributed by atoms with E-state index in [1.807, 2.05) is 32.2 Å². The Morgan fingerprint density at radius 3 is 2.81 bits per heavy atom. The minimum Gasteiger partial charge on any atom is -0.373 e. The van der Waals surface area contributed by atoms with Gasteiger partial charge in [0.25, 0.3) is 0 Å². The van der Waals surface area contributed by atoms with Gasteiger partial charge in [-0.25, -0.2) is 4.98 Å². The van der Waals surface area contributed by atoms with E-state index < -0.39 is 0 Å². The molecule has 88 valence electrons. The van der Waals surface area contributed by atoms with Crippen molar-refractivity contribution < 1.29 is 4.79 Å². The number of hydrogen-bond donors (Lipinski definition) is 3. The quantitative estimate of drug-likeness (QED) is 0.673. The van der Waals surface area contributed by atoms with Gasteiger partial charge in [0.15, 0.2) is 0 Å². The first-order valence-electron chi connectivity index (χ1n) is 5.41. The van der Waals surface area contributed by atoms with Crippen LogP contribution in [0.1, 0.15) is 13.3 Å². The molecule has 5 heteroatoms. The second-order valence-electron chi connectivity index (χ2n) is 3.29. The molecule has 0 radical (unpaired) electrons. The first-order valence-corrected chi connectivity index (χ1v) is 5.41. The molecule has 0 aromatic carbocycles. The van der Waals surface area contributed by atoms with Gasteiger partial charge in [-0.3, -0.25) is 4.79 Å². The largest absolute Gasteiger partial charge is 0.373 e. The van der Waals surface area contributed by atoms with Crippen LogP contribution in [0.3, 0.4) is 0 Å². The predicted molar refractivity (Wildman–Crippen MR) is 65.6 cm³/mol. The maximum atomic E-state index is 11.2. The molecule has 1 aromatic rings.